The highest BCUT2D eigenvalue weighted by molar-refractivity contribution is 5.93. The molecule has 0 saturated heterocycles. The van der Waals surface area contributed by atoms with E-state index in [0.29, 0.717) is 18.0 Å². The number of aromatic nitrogens is 2. The summed E-state index contributed by atoms with van der Waals surface area (Å²) >= 11 is 0. The summed E-state index contributed by atoms with van der Waals surface area (Å²) in [4.78, 5) is 20.5. The summed E-state index contributed by atoms with van der Waals surface area (Å²) in [6.45, 7) is 0.618. The number of nitrogens with one attached hydrogen (secondary N) is 1. The first kappa shape index (κ1) is 12.8. The molecule has 0 unspecified atom stereocenters. The first-order chi connectivity index (χ1) is 9.83. The fourth-order valence-electron chi connectivity index (χ4n) is 2.07. The van der Waals surface area contributed by atoms with Crippen LogP contribution in [0.25, 0.3) is 0 Å². The molecule has 1 aromatic heterocycles. The normalized spacial score (nSPS) is 14.0. The van der Waals surface area contributed by atoms with Gasteiger partial charge in [-0.05, 0) is 24.8 Å². The van der Waals surface area contributed by atoms with Gasteiger partial charge in [0.2, 0.25) is 0 Å². The van der Waals surface area contributed by atoms with Crippen molar-refractivity contribution in [3.63, 3.8) is 0 Å². The van der Waals surface area contributed by atoms with Crippen LogP contribution in [0, 0.1) is 0 Å². The van der Waals surface area contributed by atoms with E-state index in [0.717, 1.165) is 12.2 Å². The van der Waals surface area contributed by atoms with Gasteiger partial charge in [-0.1, -0.05) is 30.3 Å². The Morgan fingerprint density at radius 1 is 1.15 bits per heavy atom. The lowest BCUT2D eigenvalue weighted by atomic mass is 10.1. The monoisotopic (exact) mass is 267 g/mol. The number of nitrogens with zero attached hydrogens (tertiary/aromatic N) is 2. The fourth-order valence-corrected chi connectivity index (χ4v) is 2.07. The number of benzene rings is 1. The molecule has 0 bridgehead atoms. The highest BCUT2D eigenvalue weighted by atomic mass is 16.1. The second-order valence-electron chi connectivity index (χ2n) is 5.10. The Bertz CT molecular complexity index is 576. The molecular formula is C16H17N3O. The van der Waals surface area contributed by atoms with Crippen molar-refractivity contribution in [2.45, 2.75) is 25.2 Å². The summed E-state index contributed by atoms with van der Waals surface area (Å²) in [6.07, 6.45) is 6.41. The molecule has 1 fully saturated rings. The van der Waals surface area contributed by atoms with Crippen LogP contribution in [0.3, 0.4) is 0 Å². The smallest absolute Gasteiger partial charge is 0.254 e. The lowest BCUT2D eigenvalue weighted by Crippen LogP contribution is -2.26. The summed E-state index contributed by atoms with van der Waals surface area (Å²) in [5.74, 6) is 1.28. The van der Waals surface area contributed by atoms with Crippen molar-refractivity contribution in [1.82, 2.24) is 15.3 Å². The van der Waals surface area contributed by atoms with Crippen molar-refractivity contribution in [1.29, 1.82) is 0 Å². The zero-order chi connectivity index (χ0) is 13.8. The van der Waals surface area contributed by atoms with Gasteiger partial charge in [0.05, 0.1) is 5.56 Å². The highest BCUT2D eigenvalue weighted by Gasteiger charge is 2.26. The molecular weight excluding hydrogens is 250 g/mol. The Labute approximate surface area is 118 Å². The Morgan fingerprint density at radius 2 is 1.85 bits per heavy atom. The van der Waals surface area contributed by atoms with Gasteiger partial charge >= 0.3 is 0 Å². The van der Waals surface area contributed by atoms with Gasteiger partial charge in [0.25, 0.3) is 5.91 Å². The zero-order valence-electron chi connectivity index (χ0n) is 11.2. The van der Waals surface area contributed by atoms with E-state index in [2.05, 4.69) is 27.4 Å². The molecule has 0 atom stereocenters. The molecule has 1 saturated carbocycles. The Morgan fingerprint density at radius 3 is 2.50 bits per heavy atom. The summed E-state index contributed by atoms with van der Waals surface area (Å²) in [6, 6.07) is 10.1. The van der Waals surface area contributed by atoms with E-state index in [1.165, 1.54) is 18.4 Å². The second kappa shape index (κ2) is 5.82. The van der Waals surface area contributed by atoms with Crippen LogP contribution in [0.1, 0.15) is 40.5 Å². The van der Waals surface area contributed by atoms with Crippen molar-refractivity contribution in [3.8, 4) is 0 Å². The minimum Gasteiger partial charge on any atom is -0.352 e. The largest absolute Gasteiger partial charge is 0.352 e. The summed E-state index contributed by atoms with van der Waals surface area (Å²) in [5.41, 5.74) is 1.75. The van der Waals surface area contributed by atoms with Crippen LogP contribution < -0.4 is 5.32 Å². The van der Waals surface area contributed by atoms with E-state index in [1.54, 1.807) is 12.4 Å². The molecule has 0 spiro atoms. The standard InChI is InChI=1S/C16H17N3O/c20-16(17-9-8-12-4-2-1-3-5-12)14-10-18-15(19-11-14)13-6-7-13/h1-5,10-11,13H,6-9H2,(H,17,20). The molecule has 102 valence electrons. The number of hydrogen-bond acceptors (Lipinski definition) is 3. The predicted molar refractivity (Wildman–Crippen MR) is 76.5 cm³/mol. The summed E-state index contributed by atoms with van der Waals surface area (Å²) in [5, 5.41) is 2.89. The van der Waals surface area contributed by atoms with Crippen LogP contribution in [-0.2, 0) is 6.42 Å². The topological polar surface area (TPSA) is 54.9 Å². The number of carbonyl (C=O) groups is 1. The molecule has 3 rings (SSSR count). The van der Waals surface area contributed by atoms with Crippen LogP contribution in [0.15, 0.2) is 42.7 Å². The van der Waals surface area contributed by atoms with Gasteiger partial charge in [-0.15, -0.1) is 0 Å². The Kier molecular flexibility index (Phi) is 3.72. The molecule has 2 aromatic rings. The van der Waals surface area contributed by atoms with Crippen LogP contribution in [-0.4, -0.2) is 22.4 Å². The van der Waals surface area contributed by atoms with Crippen LogP contribution in [0.5, 0.6) is 0 Å². The zero-order valence-corrected chi connectivity index (χ0v) is 11.2. The third kappa shape index (κ3) is 3.20. The second-order valence-corrected chi connectivity index (χ2v) is 5.10. The molecule has 0 radical (unpaired) electrons. The Balaban J connectivity index is 1.51. The predicted octanol–water partition coefficient (Wildman–Crippen LogP) is 2.33. The van der Waals surface area contributed by atoms with Gasteiger partial charge in [0, 0.05) is 24.9 Å². The summed E-state index contributed by atoms with van der Waals surface area (Å²) < 4.78 is 0. The molecule has 0 aliphatic heterocycles. The van der Waals surface area contributed by atoms with Crippen LogP contribution >= 0.6 is 0 Å². The van der Waals surface area contributed by atoms with Gasteiger partial charge < -0.3 is 5.32 Å². The van der Waals surface area contributed by atoms with Gasteiger partial charge in [0.15, 0.2) is 0 Å². The molecule has 1 aliphatic rings. The number of carbonyl (C=O) groups excluding carboxylic acids is 1. The van der Waals surface area contributed by atoms with E-state index in [1.807, 2.05) is 18.2 Å². The van der Waals surface area contributed by atoms with E-state index in [4.69, 9.17) is 0 Å². The van der Waals surface area contributed by atoms with Crippen LogP contribution in [0.2, 0.25) is 0 Å². The SMILES string of the molecule is O=C(NCCc1ccccc1)c1cnc(C2CC2)nc1. The van der Waals surface area contributed by atoms with Crippen molar-refractivity contribution in [3.05, 3.63) is 59.7 Å². The number of hydrogen-bond donors (Lipinski definition) is 1. The summed E-state index contributed by atoms with van der Waals surface area (Å²) in [7, 11) is 0. The average molecular weight is 267 g/mol. The lowest BCUT2D eigenvalue weighted by Gasteiger charge is -2.05. The molecule has 1 aromatic carbocycles. The van der Waals surface area contributed by atoms with Gasteiger partial charge in [-0.3, -0.25) is 4.79 Å². The maximum atomic E-state index is 11.9. The lowest BCUT2D eigenvalue weighted by molar-refractivity contribution is 0.0953. The van der Waals surface area contributed by atoms with Gasteiger partial charge in [0.1, 0.15) is 5.82 Å². The molecule has 1 N–H and O–H groups in total. The molecule has 1 amide bonds. The van der Waals surface area contributed by atoms with Crippen molar-refractivity contribution in [2.24, 2.45) is 0 Å². The van der Waals surface area contributed by atoms with Crippen molar-refractivity contribution >= 4 is 5.91 Å². The highest BCUT2D eigenvalue weighted by Crippen LogP contribution is 2.37. The third-order valence-electron chi connectivity index (χ3n) is 3.42. The first-order valence-electron chi connectivity index (χ1n) is 6.97. The number of amides is 1. The minimum absolute atomic E-state index is 0.108. The van der Waals surface area contributed by atoms with Crippen molar-refractivity contribution < 1.29 is 4.79 Å². The third-order valence-corrected chi connectivity index (χ3v) is 3.42. The molecule has 1 aliphatic carbocycles. The molecule has 1 heterocycles. The molecule has 20 heavy (non-hydrogen) atoms. The van der Waals surface area contributed by atoms with Crippen molar-refractivity contribution in [2.75, 3.05) is 6.54 Å². The number of rotatable bonds is 5. The average Bonchev–Trinajstić information content (AvgIpc) is 3.33. The first-order valence-corrected chi connectivity index (χ1v) is 6.97. The van der Waals surface area contributed by atoms with Gasteiger partial charge in [-0.25, -0.2) is 9.97 Å². The minimum atomic E-state index is -0.108. The van der Waals surface area contributed by atoms with E-state index < -0.39 is 0 Å². The quantitative estimate of drug-likeness (QED) is 0.904. The van der Waals surface area contributed by atoms with Crippen LogP contribution in [0.4, 0.5) is 0 Å². The van der Waals surface area contributed by atoms with E-state index in [9.17, 15) is 4.79 Å². The maximum absolute atomic E-state index is 11.9. The maximum Gasteiger partial charge on any atom is 0.254 e. The molecule has 4 heteroatoms. The Hall–Kier alpha value is -2.23. The van der Waals surface area contributed by atoms with E-state index in [-0.39, 0.29) is 5.91 Å². The molecule has 4 nitrogen and oxygen atoms in total. The van der Waals surface area contributed by atoms with E-state index >= 15 is 0 Å². The van der Waals surface area contributed by atoms with Gasteiger partial charge in [-0.2, -0.15) is 0 Å². The fraction of sp³-hybridized carbons (Fsp3) is 0.312.